The van der Waals surface area contributed by atoms with E-state index in [1.807, 2.05) is 6.92 Å². The van der Waals surface area contributed by atoms with Crippen LogP contribution in [0.4, 0.5) is 0 Å². The molecule has 0 bridgehead atoms. The molecule has 0 aromatic heterocycles. The molecule has 0 aliphatic heterocycles. The van der Waals surface area contributed by atoms with Crippen molar-refractivity contribution < 1.29 is 14.7 Å². The Balaban J connectivity index is 2.65. The van der Waals surface area contributed by atoms with Crippen LogP contribution in [0.2, 0.25) is 0 Å². The third-order valence-electron chi connectivity index (χ3n) is 3.53. The van der Waals surface area contributed by atoms with E-state index in [1.165, 1.54) is 6.42 Å². The van der Waals surface area contributed by atoms with Crippen molar-refractivity contribution in [3.05, 3.63) is 0 Å². The lowest BCUT2D eigenvalue weighted by Gasteiger charge is -2.35. The van der Waals surface area contributed by atoms with Crippen molar-refractivity contribution in [1.82, 2.24) is 4.90 Å². The first kappa shape index (κ1) is 14.0. The summed E-state index contributed by atoms with van der Waals surface area (Å²) in [5.41, 5.74) is 0. The topological polar surface area (TPSA) is 57.6 Å². The number of rotatable bonds is 5. The Bertz CT molecular complexity index is 272. The lowest BCUT2D eigenvalue weighted by molar-refractivity contribution is -0.144. The molecule has 0 radical (unpaired) electrons. The summed E-state index contributed by atoms with van der Waals surface area (Å²) in [6.45, 7) is 3.86. The van der Waals surface area contributed by atoms with Crippen molar-refractivity contribution in [2.45, 2.75) is 58.4 Å². The molecule has 0 aromatic rings. The number of carbonyl (C=O) groups is 2. The molecule has 4 heteroatoms. The van der Waals surface area contributed by atoms with Gasteiger partial charge in [0, 0.05) is 19.0 Å². The van der Waals surface area contributed by atoms with Gasteiger partial charge in [0.25, 0.3) is 0 Å². The van der Waals surface area contributed by atoms with E-state index in [0.29, 0.717) is 13.0 Å². The van der Waals surface area contributed by atoms with Gasteiger partial charge in [-0.2, -0.15) is 0 Å². The van der Waals surface area contributed by atoms with Crippen LogP contribution < -0.4 is 0 Å². The minimum Gasteiger partial charge on any atom is -0.481 e. The molecular formula is C13H23NO3. The van der Waals surface area contributed by atoms with Crippen LogP contribution in [-0.4, -0.2) is 34.5 Å². The number of carboxylic acids is 1. The number of carboxylic acid groups (broad SMARTS) is 1. The average Bonchev–Trinajstić information content (AvgIpc) is 2.35. The maximum Gasteiger partial charge on any atom is 0.308 e. The van der Waals surface area contributed by atoms with Crippen LogP contribution in [0.15, 0.2) is 0 Å². The Labute approximate surface area is 103 Å². The van der Waals surface area contributed by atoms with Gasteiger partial charge >= 0.3 is 5.97 Å². The van der Waals surface area contributed by atoms with Gasteiger partial charge < -0.3 is 10.0 Å². The zero-order valence-electron chi connectivity index (χ0n) is 10.8. The minimum atomic E-state index is -0.824. The van der Waals surface area contributed by atoms with Crippen LogP contribution in [0.3, 0.4) is 0 Å². The van der Waals surface area contributed by atoms with E-state index >= 15 is 0 Å². The van der Waals surface area contributed by atoms with Crippen molar-refractivity contribution in [1.29, 1.82) is 0 Å². The van der Waals surface area contributed by atoms with Crippen LogP contribution in [0.1, 0.15) is 52.4 Å². The molecule has 1 rings (SSSR count). The first-order valence-electron chi connectivity index (χ1n) is 6.58. The second-order valence-corrected chi connectivity index (χ2v) is 4.93. The van der Waals surface area contributed by atoms with Gasteiger partial charge in [0.05, 0.1) is 5.92 Å². The highest BCUT2D eigenvalue weighted by Crippen LogP contribution is 2.24. The fourth-order valence-electron chi connectivity index (χ4n) is 2.42. The molecule has 0 heterocycles. The molecule has 1 atom stereocenters. The number of amides is 1. The summed E-state index contributed by atoms with van der Waals surface area (Å²) in [6.07, 6.45) is 6.05. The van der Waals surface area contributed by atoms with Crippen LogP contribution >= 0.6 is 0 Å². The standard InChI is InChI=1S/C13H23NO3/c1-3-12(15)14(9-10(2)13(16)17)11-7-5-4-6-8-11/h10-11H,3-9H2,1-2H3,(H,16,17). The summed E-state index contributed by atoms with van der Waals surface area (Å²) in [6, 6.07) is 0.262. The van der Waals surface area contributed by atoms with E-state index in [0.717, 1.165) is 25.7 Å². The fraction of sp³-hybridized carbons (Fsp3) is 0.846. The normalized spacial score (nSPS) is 18.7. The molecule has 98 valence electrons. The molecule has 0 aromatic carbocycles. The monoisotopic (exact) mass is 241 g/mol. The predicted molar refractivity (Wildman–Crippen MR) is 65.7 cm³/mol. The van der Waals surface area contributed by atoms with Crippen LogP contribution in [0.25, 0.3) is 0 Å². The highest BCUT2D eigenvalue weighted by Gasteiger charge is 2.27. The van der Waals surface area contributed by atoms with E-state index in [2.05, 4.69) is 0 Å². The van der Waals surface area contributed by atoms with E-state index in [9.17, 15) is 9.59 Å². The maximum atomic E-state index is 11.9. The zero-order valence-corrected chi connectivity index (χ0v) is 10.8. The summed E-state index contributed by atoms with van der Waals surface area (Å²) in [4.78, 5) is 24.6. The number of hydrogen-bond acceptors (Lipinski definition) is 2. The third kappa shape index (κ3) is 4.02. The Kier molecular flexibility index (Phi) is 5.45. The Morgan fingerprint density at radius 2 is 1.88 bits per heavy atom. The van der Waals surface area contributed by atoms with Crippen molar-refractivity contribution in [2.24, 2.45) is 5.92 Å². The Hall–Kier alpha value is -1.06. The summed E-state index contributed by atoms with van der Waals surface area (Å²) in [5, 5.41) is 8.95. The molecule has 0 saturated heterocycles. The van der Waals surface area contributed by atoms with Gasteiger partial charge in [-0.3, -0.25) is 9.59 Å². The van der Waals surface area contributed by atoms with Crippen molar-refractivity contribution in [3.63, 3.8) is 0 Å². The SMILES string of the molecule is CCC(=O)N(CC(C)C(=O)O)C1CCCCC1. The van der Waals surface area contributed by atoms with Crippen molar-refractivity contribution in [2.75, 3.05) is 6.54 Å². The Morgan fingerprint density at radius 1 is 1.29 bits per heavy atom. The van der Waals surface area contributed by atoms with E-state index in [-0.39, 0.29) is 11.9 Å². The second-order valence-electron chi connectivity index (χ2n) is 4.93. The summed E-state index contributed by atoms with van der Waals surface area (Å²) < 4.78 is 0. The smallest absolute Gasteiger partial charge is 0.308 e. The van der Waals surface area contributed by atoms with Crippen LogP contribution in [0, 0.1) is 5.92 Å². The van der Waals surface area contributed by atoms with Crippen molar-refractivity contribution >= 4 is 11.9 Å². The highest BCUT2D eigenvalue weighted by molar-refractivity contribution is 5.77. The van der Waals surface area contributed by atoms with E-state index in [4.69, 9.17) is 5.11 Å². The molecule has 4 nitrogen and oxygen atoms in total. The van der Waals surface area contributed by atoms with E-state index in [1.54, 1.807) is 11.8 Å². The van der Waals surface area contributed by atoms with Gasteiger partial charge in [-0.15, -0.1) is 0 Å². The first-order valence-corrected chi connectivity index (χ1v) is 6.58. The number of hydrogen-bond donors (Lipinski definition) is 1. The predicted octanol–water partition coefficient (Wildman–Crippen LogP) is 2.28. The van der Waals surface area contributed by atoms with Crippen LogP contribution in [0.5, 0.6) is 0 Å². The largest absolute Gasteiger partial charge is 0.481 e. The molecular weight excluding hydrogens is 218 g/mol. The first-order chi connectivity index (χ1) is 8.06. The van der Waals surface area contributed by atoms with Gasteiger partial charge in [0.1, 0.15) is 0 Å². The Morgan fingerprint density at radius 3 is 2.35 bits per heavy atom. The van der Waals surface area contributed by atoms with Gasteiger partial charge in [0.2, 0.25) is 5.91 Å². The molecule has 1 fully saturated rings. The molecule has 1 saturated carbocycles. The third-order valence-corrected chi connectivity index (χ3v) is 3.53. The lowest BCUT2D eigenvalue weighted by atomic mass is 9.93. The molecule has 17 heavy (non-hydrogen) atoms. The van der Waals surface area contributed by atoms with Gasteiger partial charge in [-0.1, -0.05) is 33.1 Å². The number of nitrogens with zero attached hydrogens (tertiary/aromatic N) is 1. The summed E-state index contributed by atoms with van der Waals surface area (Å²) in [5.74, 6) is -1.22. The van der Waals surface area contributed by atoms with E-state index < -0.39 is 11.9 Å². The average molecular weight is 241 g/mol. The molecule has 1 N–H and O–H groups in total. The molecule has 1 aliphatic carbocycles. The number of aliphatic carboxylic acids is 1. The van der Waals surface area contributed by atoms with Gasteiger partial charge in [-0.05, 0) is 12.8 Å². The quantitative estimate of drug-likeness (QED) is 0.803. The molecule has 1 unspecified atom stereocenters. The maximum absolute atomic E-state index is 11.9. The van der Waals surface area contributed by atoms with Crippen molar-refractivity contribution in [3.8, 4) is 0 Å². The second kappa shape index (κ2) is 6.62. The van der Waals surface area contributed by atoms with Gasteiger partial charge in [-0.25, -0.2) is 0 Å². The highest BCUT2D eigenvalue weighted by atomic mass is 16.4. The summed E-state index contributed by atoms with van der Waals surface area (Å²) >= 11 is 0. The minimum absolute atomic E-state index is 0.0880. The molecule has 1 amide bonds. The lowest BCUT2D eigenvalue weighted by Crippen LogP contribution is -2.44. The summed E-state index contributed by atoms with van der Waals surface area (Å²) in [7, 11) is 0. The van der Waals surface area contributed by atoms with Crippen LogP contribution in [-0.2, 0) is 9.59 Å². The number of carbonyl (C=O) groups excluding carboxylic acids is 1. The fourth-order valence-corrected chi connectivity index (χ4v) is 2.42. The molecule has 0 spiro atoms. The van der Waals surface area contributed by atoms with Gasteiger partial charge in [0.15, 0.2) is 0 Å². The molecule has 1 aliphatic rings. The zero-order chi connectivity index (χ0) is 12.8.